The monoisotopic (exact) mass is 188 g/mol. The quantitative estimate of drug-likeness (QED) is 0.306. The Hall–Kier alpha value is 1.21. The molecule has 1 nitrogen and oxygen atoms in total. The standard InChI is InChI=1S/C5H9O.BrH.Mg/c1-2-4-6-5-3-1;;/h1H,2-5H2;1H;/q-1;;+2/p-1. The molecule has 1 aliphatic heterocycles. The summed E-state index contributed by atoms with van der Waals surface area (Å²) < 4.78 is 5.04. The van der Waals surface area contributed by atoms with Crippen LogP contribution in [0.25, 0.3) is 0 Å². The first-order valence-corrected chi connectivity index (χ1v) is 2.39. The molecule has 0 unspecified atom stereocenters. The molecule has 1 heterocycles. The zero-order valence-corrected chi connectivity index (χ0v) is 7.90. The summed E-state index contributed by atoms with van der Waals surface area (Å²) in [5.74, 6) is 0. The van der Waals surface area contributed by atoms with Crippen LogP contribution >= 0.6 is 0 Å². The number of ether oxygens (including phenoxy) is 1. The first kappa shape index (κ1) is 11.9. The molecule has 1 saturated heterocycles. The topological polar surface area (TPSA) is 9.23 Å². The Kier molecular flexibility index (Phi) is 12.2. The van der Waals surface area contributed by atoms with Gasteiger partial charge in [0, 0.05) is 13.2 Å². The predicted octanol–water partition coefficient (Wildman–Crippen LogP) is -2.38. The molecule has 0 amide bonds. The molecule has 3 heteroatoms. The smallest absolute Gasteiger partial charge is 1.00 e. The van der Waals surface area contributed by atoms with E-state index in [4.69, 9.17) is 4.74 Å². The van der Waals surface area contributed by atoms with E-state index in [0.717, 1.165) is 26.1 Å². The van der Waals surface area contributed by atoms with Crippen molar-refractivity contribution in [3.8, 4) is 0 Å². The molecule has 0 aliphatic carbocycles. The first-order chi connectivity index (χ1) is 3.00. The van der Waals surface area contributed by atoms with Gasteiger partial charge < -0.3 is 28.1 Å². The average Bonchev–Trinajstić information content (AvgIpc) is 1.72. The minimum Gasteiger partial charge on any atom is -1.00 e. The second-order valence-electron chi connectivity index (χ2n) is 1.48. The second-order valence-corrected chi connectivity index (χ2v) is 1.48. The first-order valence-electron chi connectivity index (χ1n) is 2.39. The van der Waals surface area contributed by atoms with E-state index in [0.29, 0.717) is 0 Å². The fourth-order valence-electron chi connectivity index (χ4n) is 0.580. The summed E-state index contributed by atoms with van der Waals surface area (Å²) in [6.07, 6.45) is 4.57. The third-order valence-corrected chi connectivity index (χ3v) is 0.933. The summed E-state index contributed by atoms with van der Waals surface area (Å²) >= 11 is 0. The van der Waals surface area contributed by atoms with Crippen LogP contribution in [0.4, 0.5) is 0 Å². The van der Waals surface area contributed by atoms with Gasteiger partial charge >= 0.3 is 23.1 Å². The van der Waals surface area contributed by atoms with Crippen LogP contribution in [-0.2, 0) is 4.74 Å². The molecule has 0 aromatic rings. The molecule has 8 heavy (non-hydrogen) atoms. The fraction of sp³-hybridized carbons (Fsp3) is 0.800. The molecule has 0 saturated carbocycles. The SMILES string of the molecule is [Br-].[CH-]1CCOCC1.[Mg+2]. The van der Waals surface area contributed by atoms with Crippen molar-refractivity contribution in [3.05, 3.63) is 6.42 Å². The van der Waals surface area contributed by atoms with Crippen LogP contribution in [0, 0.1) is 6.42 Å². The van der Waals surface area contributed by atoms with Crippen molar-refractivity contribution < 1.29 is 21.7 Å². The zero-order chi connectivity index (χ0) is 4.24. The fourth-order valence-corrected chi connectivity index (χ4v) is 0.580. The maximum atomic E-state index is 5.04. The third-order valence-electron chi connectivity index (χ3n) is 0.933. The number of rotatable bonds is 0. The molecular formula is C5H9BrMgO. The Morgan fingerprint density at radius 2 is 1.62 bits per heavy atom. The van der Waals surface area contributed by atoms with Gasteiger partial charge in [0.1, 0.15) is 0 Å². The molecule has 1 aliphatic rings. The predicted molar refractivity (Wildman–Crippen MR) is 30.1 cm³/mol. The van der Waals surface area contributed by atoms with Crippen LogP contribution < -0.4 is 17.0 Å². The maximum absolute atomic E-state index is 5.04. The van der Waals surface area contributed by atoms with Crippen LogP contribution in [0.2, 0.25) is 0 Å². The van der Waals surface area contributed by atoms with E-state index < -0.39 is 0 Å². The molecule has 0 N–H and O–H groups in total. The summed E-state index contributed by atoms with van der Waals surface area (Å²) in [5, 5.41) is 0. The minimum absolute atomic E-state index is 0. The number of hydrogen-bond donors (Lipinski definition) is 0. The van der Waals surface area contributed by atoms with Crippen LogP contribution in [0.15, 0.2) is 0 Å². The van der Waals surface area contributed by atoms with E-state index in [2.05, 4.69) is 6.42 Å². The van der Waals surface area contributed by atoms with E-state index in [9.17, 15) is 0 Å². The van der Waals surface area contributed by atoms with Crippen molar-refractivity contribution in [2.75, 3.05) is 13.2 Å². The van der Waals surface area contributed by atoms with Gasteiger partial charge in [-0.25, -0.2) is 0 Å². The largest absolute Gasteiger partial charge is 2.00 e. The molecule has 0 bridgehead atoms. The molecule has 0 radical (unpaired) electrons. The van der Waals surface area contributed by atoms with E-state index in [1.807, 2.05) is 0 Å². The van der Waals surface area contributed by atoms with Gasteiger partial charge in [-0.3, -0.25) is 0 Å². The molecular weight excluding hydrogens is 180 g/mol. The molecule has 0 atom stereocenters. The van der Waals surface area contributed by atoms with Gasteiger partial charge in [-0.05, 0) is 0 Å². The Morgan fingerprint density at radius 3 is 1.75 bits per heavy atom. The van der Waals surface area contributed by atoms with Gasteiger partial charge in [0.2, 0.25) is 0 Å². The zero-order valence-electron chi connectivity index (χ0n) is 4.90. The number of halogens is 1. The van der Waals surface area contributed by atoms with Crippen LogP contribution in [0.1, 0.15) is 12.8 Å². The molecule has 1 fully saturated rings. The number of hydrogen-bond acceptors (Lipinski definition) is 1. The van der Waals surface area contributed by atoms with Gasteiger partial charge in [-0.2, -0.15) is 12.8 Å². The van der Waals surface area contributed by atoms with E-state index in [1.54, 1.807) is 0 Å². The van der Waals surface area contributed by atoms with Gasteiger partial charge in [-0.1, -0.05) is 0 Å². The van der Waals surface area contributed by atoms with E-state index in [1.165, 1.54) is 0 Å². The summed E-state index contributed by atoms with van der Waals surface area (Å²) in [7, 11) is 0. The van der Waals surface area contributed by atoms with Crippen molar-refractivity contribution in [1.29, 1.82) is 0 Å². The van der Waals surface area contributed by atoms with Gasteiger partial charge in [0.05, 0.1) is 0 Å². The van der Waals surface area contributed by atoms with Gasteiger partial charge in [-0.15, -0.1) is 0 Å². The Morgan fingerprint density at radius 1 is 1.12 bits per heavy atom. The molecule has 1 rings (SSSR count). The van der Waals surface area contributed by atoms with Crippen LogP contribution in [-0.4, -0.2) is 36.3 Å². The van der Waals surface area contributed by atoms with E-state index >= 15 is 0 Å². The average molecular weight is 189 g/mol. The molecule has 0 spiro atoms. The van der Waals surface area contributed by atoms with Crippen molar-refractivity contribution in [3.63, 3.8) is 0 Å². The van der Waals surface area contributed by atoms with Crippen LogP contribution in [0.5, 0.6) is 0 Å². The third kappa shape index (κ3) is 5.35. The van der Waals surface area contributed by atoms with Crippen molar-refractivity contribution in [2.45, 2.75) is 12.8 Å². The van der Waals surface area contributed by atoms with Crippen molar-refractivity contribution >= 4 is 23.1 Å². The Labute approximate surface area is 77.1 Å². The van der Waals surface area contributed by atoms with Crippen molar-refractivity contribution in [1.82, 2.24) is 0 Å². The Balaban J connectivity index is 0. The minimum atomic E-state index is 0. The molecule has 0 aromatic carbocycles. The Bertz CT molecular complexity index is 27.9. The van der Waals surface area contributed by atoms with E-state index in [-0.39, 0.29) is 40.0 Å². The summed E-state index contributed by atoms with van der Waals surface area (Å²) in [6.45, 7) is 1.89. The van der Waals surface area contributed by atoms with Gasteiger partial charge in [0.15, 0.2) is 0 Å². The summed E-state index contributed by atoms with van der Waals surface area (Å²) in [6, 6.07) is 0. The van der Waals surface area contributed by atoms with Crippen LogP contribution in [0.3, 0.4) is 0 Å². The maximum Gasteiger partial charge on any atom is 2.00 e. The molecule has 0 aromatic heterocycles. The van der Waals surface area contributed by atoms with Gasteiger partial charge in [0.25, 0.3) is 0 Å². The second kappa shape index (κ2) is 8.21. The molecule has 44 valence electrons. The summed E-state index contributed by atoms with van der Waals surface area (Å²) in [5.41, 5.74) is 0. The normalized spacial score (nSPS) is 18.0. The summed E-state index contributed by atoms with van der Waals surface area (Å²) in [4.78, 5) is 0. The van der Waals surface area contributed by atoms with Crippen molar-refractivity contribution in [2.24, 2.45) is 0 Å².